The van der Waals surface area contributed by atoms with Gasteiger partial charge < -0.3 is 9.80 Å². The normalized spacial score (nSPS) is 15.0. The van der Waals surface area contributed by atoms with E-state index in [1.54, 1.807) is 46.2 Å². The Morgan fingerprint density at radius 1 is 1.12 bits per heavy atom. The summed E-state index contributed by atoms with van der Waals surface area (Å²) in [6.07, 6.45) is 4.81. The Bertz CT molecular complexity index is 594. The zero-order valence-electron chi connectivity index (χ0n) is 13.8. The van der Waals surface area contributed by atoms with Crippen LogP contribution in [0.1, 0.15) is 23.2 Å². The first-order valence-electron chi connectivity index (χ1n) is 8.12. The van der Waals surface area contributed by atoms with Crippen molar-refractivity contribution in [1.29, 1.82) is 0 Å². The molecule has 0 bridgehead atoms. The molecule has 0 spiro atoms. The molecule has 1 heterocycles. The Labute approximate surface area is 148 Å². The van der Waals surface area contributed by atoms with E-state index >= 15 is 0 Å². The lowest BCUT2D eigenvalue weighted by Gasteiger charge is -2.33. The topological polar surface area (TPSA) is 40.6 Å². The fourth-order valence-electron chi connectivity index (χ4n) is 2.93. The Hall–Kier alpha value is -2.07. The van der Waals surface area contributed by atoms with Gasteiger partial charge in [-0.15, -0.1) is 13.2 Å². The van der Waals surface area contributed by atoms with Crippen molar-refractivity contribution >= 4 is 23.4 Å². The summed E-state index contributed by atoms with van der Waals surface area (Å²) in [5.41, 5.74) is 0.629. The Morgan fingerprint density at radius 3 is 2.17 bits per heavy atom. The van der Waals surface area contributed by atoms with Crippen LogP contribution >= 0.6 is 11.6 Å². The highest BCUT2D eigenvalue weighted by atomic mass is 35.5. The van der Waals surface area contributed by atoms with Gasteiger partial charge in [0.05, 0.1) is 0 Å². The van der Waals surface area contributed by atoms with E-state index in [4.69, 9.17) is 11.6 Å². The summed E-state index contributed by atoms with van der Waals surface area (Å²) in [5.74, 6) is 0.0687. The second-order valence-electron chi connectivity index (χ2n) is 5.89. The molecular formula is C19H23ClN2O2. The highest BCUT2D eigenvalue weighted by Crippen LogP contribution is 2.22. The van der Waals surface area contributed by atoms with Crippen molar-refractivity contribution in [3.05, 3.63) is 60.2 Å². The van der Waals surface area contributed by atoms with Crippen LogP contribution in [0.4, 0.5) is 0 Å². The van der Waals surface area contributed by atoms with Gasteiger partial charge in [-0.1, -0.05) is 23.8 Å². The quantitative estimate of drug-likeness (QED) is 0.741. The number of amides is 2. The van der Waals surface area contributed by atoms with Crippen LogP contribution in [0.2, 0.25) is 5.02 Å². The van der Waals surface area contributed by atoms with Crippen LogP contribution in [0.25, 0.3) is 0 Å². The number of nitrogens with zero attached hydrogens (tertiary/aromatic N) is 2. The molecule has 5 heteroatoms. The van der Waals surface area contributed by atoms with Crippen LogP contribution < -0.4 is 0 Å². The van der Waals surface area contributed by atoms with Gasteiger partial charge in [0.25, 0.3) is 5.91 Å². The van der Waals surface area contributed by atoms with Crippen molar-refractivity contribution in [1.82, 2.24) is 9.80 Å². The summed E-state index contributed by atoms with van der Waals surface area (Å²) in [6, 6.07) is 6.90. The third kappa shape index (κ3) is 4.48. The largest absolute Gasteiger partial charge is 0.339 e. The van der Waals surface area contributed by atoms with E-state index in [0.717, 1.165) is 0 Å². The summed E-state index contributed by atoms with van der Waals surface area (Å²) in [6.45, 7) is 9.62. The number of likely N-dealkylation sites (tertiary alicyclic amines) is 1. The molecule has 0 radical (unpaired) electrons. The van der Waals surface area contributed by atoms with E-state index in [2.05, 4.69) is 13.2 Å². The lowest BCUT2D eigenvalue weighted by molar-refractivity contribution is -0.135. The predicted molar refractivity (Wildman–Crippen MR) is 97.1 cm³/mol. The minimum Gasteiger partial charge on any atom is -0.339 e. The fraction of sp³-hybridized carbons (Fsp3) is 0.368. The minimum atomic E-state index is -0.0424. The van der Waals surface area contributed by atoms with Crippen LogP contribution in [-0.2, 0) is 4.79 Å². The first kappa shape index (κ1) is 18.3. The second-order valence-corrected chi connectivity index (χ2v) is 6.33. The van der Waals surface area contributed by atoms with Gasteiger partial charge in [0.1, 0.15) is 0 Å². The van der Waals surface area contributed by atoms with E-state index < -0.39 is 0 Å². The van der Waals surface area contributed by atoms with E-state index in [0.29, 0.717) is 49.6 Å². The lowest BCUT2D eigenvalue weighted by Crippen LogP contribution is -2.44. The SMILES string of the molecule is C=CCN(CC=C)C(=O)C1CCN(C(=O)c2ccc(Cl)cc2)CC1. The maximum absolute atomic E-state index is 12.6. The minimum absolute atomic E-state index is 0.00777. The summed E-state index contributed by atoms with van der Waals surface area (Å²) < 4.78 is 0. The molecule has 0 atom stereocenters. The van der Waals surface area contributed by atoms with E-state index in [1.165, 1.54) is 0 Å². The lowest BCUT2D eigenvalue weighted by atomic mass is 9.94. The summed E-state index contributed by atoms with van der Waals surface area (Å²) >= 11 is 5.86. The molecule has 0 aromatic heterocycles. The molecule has 1 fully saturated rings. The number of carbonyl (C=O) groups is 2. The van der Waals surface area contributed by atoms with Crippen LogP contribution in [0.3, 0.4) is 0 Å². The molecule has 2 rings (SSSR count). The summed E-state index contributed by atoms with van der Waals surface area (Å²) in [4.78, 5) is 28.6. The number of benzene rings is 1. The Kier molecular flexibility index (Phi) is 6.62. The number of rotatable bonds is 6. The van der Waals surface area contributed by atoms with Crippen molar-refractivity contribution in [2.45, 2.75) is 12.8 Å². The van der Waals surface area contributed by atoms with Crippen molar-refractivity contribution in [2.24, 2.45) is 5.92 Å². The molecular weight excluding hydrogens is 324 g/mol. The maximum Gasteiger partial charge on any atom is 0.253 e. The number of hydrogen-bond donors (Lipinski definition) is 0. The average molecular weight is 347 g/mol. The van der Waals surface area contributed by atoms with Gasteiger partial charge in [-0.2, -0.15) is 0 Å². The third-order valence-corrected chi connectivity index (χ3v) is 4.49. The molecule has 0 N–H and O–H groups in total. The van der Waals surface area contributed by atoms with E-state index in [-0.39, 0.29) is 17.7 Å². The molecule has 0 saturated carbocycles. The van der Waals surface area contributed by atoms with Crippen LogP contribution in [-0.4, -0.2) is 47.8 Å². The first-order chi connectivity index (χ1) is 11.6. The number of carbonyl (C=O) groups excluding carboxylic acids is 2. The number of halogens is 1. The highest BCUT2D eigenvalue weighted by molar-refractivity contribution is 6.30. The zero-order valence-corrected chi connectivity index (χ0v) is 14.5. The average Bonchev–Trinajstić information content (AvgIpc) is 2.61. The fourth-order valence-corrected chi connectivity index (χ4v) is 3.05. The zero-order chi connectivity index (χ0) is 17.5. The van der Waals surface area contributed by atoms with Gasteiger partial charge in [0.2, 0.25) is 5.91 Å². The maximum atomic E-state index is 12.6. The molecule has 1 aromatic rings. The van der Waals surface area contributed by atoms with Crippen molar-refractivity contribution in [3.8, 4) is 0 Å². The monoisotopic (exact) mass is 346 g/mol. The smallest absolute Gasteiger partial charge is 0.253 e. The van der Waals surface area contributed by atoms with E-state index in [1.807, 2.05) is 0 Å². The molecule has 24 heavy (non-hydrogen) atoms. The Morgan fingerprint density at radius 2 is 1.67 bits per heavy atom. The van der Waals surface area contributed by atoms with Gasteiger partial charge in [-0.25, -0.2) is 0 Å². The van der Waals surface area contributed by atoms with Gasteiger partial charge in [0.15, 0.2) is 0 Å². The summed E-state index contributed by atoms with van der Waals surface area (Å²) in [7, 11) is 0. The Balaban J connectivity index is 1.93. The molecule has 4 nitrogen and oxygen atoms in total. The molecule has 128 valence electrons. The standard InChI is InChI=1S/C19H23ClN2O2/c1-3-11-21(12-4-2)19(24)16-9-13-22(14-10-16)18(23)15-5-7-17(20)8-6-15/h3-8,16H,1-2,9-14H2. The summed E-state index contributed by atoms with van der Waals surface area (Å²) in [5, 5.41) is 0.611. The van der Waals surface area contributed by atoms with E-state index in [9.17, 15) is 9.59 Å². The van der Waals surface area contributed by atoms with Crippen molar-refractivity contribution in [2.75, 3.05) is 26.2 Å². The molecule has 0 aliphatic carbocycles. The second kappa shape index (κ2) is 8.69. The molecule has 1 aromatic carbocycles. The number of hydrogen-bond acceptors (Lipinski definition) is 2. The number of piperidine rings is 1. The molecule has 2 amide bonds. The van der Waals surface area contributed by atoms with Gasteiger partial charge in [-0.05, 0) is 37.1 Å². The molecule has 1 saturated heterocycles. The molecule has 0 unspecified atom stereocenters. The van der Waals surface area contributed by atoms with Crippen molar-refractivity contribution < 1.29 is 9.59 Å². The van der Waals surface area contributed by atoms with Crippen LogP contribution in [0, 0.1) is 5.92 Å². The molecule has 1 aliphatic rings. The molecule has 1 aliphatic heterocycles. The van der Waals surface area contributed by atoms with Gasteiger partial charge >= 0.3 is 0 Å². The van der Waals surface area contributed by atoms with Gasteiger partial charge in [-0.3, -0.25) is 9.59 Å². The third-order valence-electron chi connectivity index (χ3n) is 4.23. The predicted octanol–water partition coefficient (Wildman–Crippen LogP) is 3.39. The van der Waals surface area contributed by atoms with Crippen molar-refractivity contribution in [3.63, 3.8) is 0 Å². The van der Waals surface area contributed by atoms with Crippen LogP contribution in [0.15, 0.2) is 49.6 Å². The van der Waals surface area contributed by atoms with Gasteiger partial charge in [0, 0.05) is 42.7 Å². The highest BCUT2D eigenvalue weighted by Gasteiger charge is 2.29. The first-order valence-corrected chi connectivity index (χ1v) is 8.50. The van der Waals surface area contributed by atoms with Crippen LogP contribution in [0.5, 0.6) is 0 Å².